The molecule has 0 saturated heterocycles. The third-order valence-electron chi connectivity index (χ3n) is 1.99. The molecule has 0 bridgehead atoms. The monoisotopic (exact) mass is 294 g/mol. The molecule has 0 saturated carbocycles. The van der Waals surface area contributed by atoms with E-state index in [0.717, 1.165) is 11.1 Å². The normalized spacial score (nSPS) is 11.1. The lowest BCUT2D eigenvalue weighted by molar-refractivity contribution is 0.686. The van der Waals surface area contributed by atoms with E-state index >= 15 is 0 Å². The SMILES string of the molecule is Brc1ccnn1C/C=C/Sc1ccccc1. The molecule has 0 aliphatic carbocycles. The van der Waals surface area contributed by atoms with Crippen LogP contribution < -0.4 is 0 Å². The number of hydrogen-bond donors (Lipinski definition) is 0. The predicted molar refractivity (Wildman–Crippen MR) is 71.4 cm³/mol. The summed E-state index contributed by atoms with van der Waals surface area (Å²) in [4.78, 5) is 1.25. The Hall–Kier alpha value is -1.00. The van der Waals surface area contributed by atoms with Crippen molar-refractivity contribution in [3.05, 3.63) is 58.7 Å². The number of benzene rings is 1. The summed E-state index contributed by atoms with van der Waals surface area (Å²) in [6, 6.07) is 12.2. The van der Waals surface area contributed by atoms with Gasteiger partial charge in [-0.05, 0) is 39.5 Å². The molecule has 1 aromatic carbocycles. The molecule has 0 amide bonds. The van der Waals surface area contributed by atoms with Crippen LogP contribution in [0.25, 0.3) is 0 Å². The van der Waals surface area contributed by atoms with Crippen LogP contribution in [-0.2, 0) is 6.54 Å². The van der Waals surface area contributed by atoms with Gasteiger partial charge in [0, 0.05) is 4.90 Å². The first-order chi connectivity index (χ1) is 7.86. The molecule has 1 aromatic heterocycles. The molecule has 4 heteroatoms. The Kier molecular flexibility index (Phi) is 4.25. The molecule has 2 rings (SSSR count). The third kappa shape index (κ3) is 3.25. The van der Waals surface area contributed by atoms with Crippen molar-refractivity contribution in [3.63, 3.8) is 0 Å². The number of thioether (sulfide) groups is 1. The van der Waals surface area contributed by atoms with E-state index < -0.39 is 0 Å². The highest BCUT2D eigenvalue weighted by atomic mass is 79.9. The van der Waals surface area contributed by atoms with E-state index in [1.54, 1.807) is 18.0 Å². The van der Waals surface area contributed by atoms with Crippen molar-refractivity contribution in [2.75, 3.05) is 0 Å². The van der Waals surface area contributed by atoms with Crippen molar-refractivity contribution in [2.45, 2.75) is 11.4 Å². The van der Waals surface area contributed by atoms with Gasteiger partial charge in [0.05, 0.1) is 12.7 Å². The van der Waals surface area contributed by atoms with Gasteiger partial charge in [-0.2, -0.15) is 5.10 Å². The van der Waals surface area contributed by atoms with Gasteiger partial charge in [-0.15, -0.1) is 0 Å². The minimum absolute atomic E-state index is 0.785. The number of halogens is 1. The predicted octanol–water partition coefficient (Wildman–Crippen LogP) is 3.95. The van der Waals surface area contributed by atoms with Crippen molar-refractivity contribution >= 4 is 27.7 Å². The van der Waals surface area contributed by atoms with Gasteiger partial charge in [0.15, 0.2) is 0 Å². The van der Waals surface area contributed by atoms with Crippen LogP contribution in [0.5, 0.6) is 0 Å². The molecule has 0 unspecified atom stereocenters. The van der Waals surface area contributed by atoms with Crippen molar-refractivity contribution in [3.8, 4) is 0 Å². The molecule has 82 valence electrons. The Labute approximate surface area is 107 Å². The van der Waals surface area contributed by atoms with E-state index in [4.69, 9.17) is 0 Å². The van der Waals surface area contributed by atoms with E-state index in [0.29, 0.717) is 0 Å². The maximum absolute atomic E-state index is 4.17. The fourth-order valence-electron chi connectivity index (χ4n) is 1.22. The number of nitrogens with zero attached hydrogens (tertiary/aromatic N) is 2. The fraction of sp³-hybridized carbons (Fsp3) is 0.0833. The van der Waals surface area contributed by atoms with E-state index in [9.17, 15) is 0 Å². The second-order valence-electron chi connectivity index (χ2n) is 3.14. The smallest absolute Gasteiger partial charge is 0.104 e. The second kappa shape index (κ2) is 5.92. The van der Waals surface area contributed by atoms with Crippen LogP contribution in [-0.4, -0.2) is 9.78 Å². The lowest BCUT2D eigenvalue weighted by Gasteiger charge is -1.97. The molecule has 0 aliphatic rings. The van der Waals surface area contributed by atoms with Crippen LogP contribution in [0.1, 0.15) is 0 Å². The molecule has 0 spiro atoms. The summed E-state index contributed by atoms with van der Waals surface area (Å²) in [6.07, 6.45) is 3.87. The van der Waals surface area contributed by atoms with Gasteiger partial charge in [-0.1, -0.05) is 36.0 Å². The summed E-state index contributed by atoms with van der Waals surface area (Å²) in [6.45, 7) is 0.785. The zero-order valence-electron chi connectivity index (χ0n) is 8.58. The molecule has 1 heterocycles. The van der Waals surface area contributed by atoms with Gasteiger partial charge in [-0.3, -0.25) is 4.68 Å². The van der Waals surface area contributed by atoms with E-state index in [2.05, 4.69) is 44.6 Å². The Morgan fingerprint density at radius 3 is 2.75 bits per heavy atom. The third-order valence-corrected chi connectivity index (χ3v) is 3.53. The standard InChI is InChI=1S/C12H11BrN2S/c13-12-7-8-14-15(12)9-4-10-16-11-5-2-1-3-6-11/h1-8,10H,9H2/b10-4+. The quantitative estimate of drug-likeness (QED) is 0.795. The number of aromatic nitrogens is 2. The van der Waals surface area contributed by atoms with Gasteiger partial charge in [-0.25, -0.2) is 0 Å². The zero-order valence-corrected chi connectivity index (χ0v) is 11.0. The van der Waals surface area contributed by atoms with Gasteiger partial charge < -0.3 is 0 Å². The lowest BCUT2D eigenvalue weighted by Crippen LogP contribution is -1.96. The second-order valence-corrected chi connectivity index (χ2v) is 4.93. The Balaban J connectivity index is 1.85. The minimum atomic E-state index is 0.785. The van der Waals surface area contributed by atoms with Crippen LogP contribution in [0.15, 0.2) is 63.6 Å². The average Bonchev–Trinajstić information content (AvgIpc) is 2.72. The number of rotatable bonds is 4. The zero-order chi connectivity index (χ0) is 11.2. The molecule has 0 aliphatic heterocycles. The largest absolute Gasteiger partial charge is 0.255 e. The highest BCUT2D eigenvalue weighted by Gasteiger charge is 1.94. The van der Waals surface area contributed by atoms with E-state index in [1.165, 1.54) is 4.90 Å². The topological polar surface area (TPSA) is 17.8 Å². The molecule has 0 fully saturated rings. The molecule has 0 N–H and O–H groups in total. The van der Waals surface area contributed by atoms with Gasteiger partial charge >= 0.3 is 0 Å². The van der Waals surface area contributed by atoms with Crippen LogP contribution in [0.2, 0.25) is 0 Å². The highest BCUT2D eigenvalue weighted by Crippen LogP contribution is 2.18. The number of hydrogen-bond acceptors (Lipinski definition) is 2. The van der Waals surface area contributed by atoms with Gasteiger partial charge in [0.1, 0.15) is 4.60 Å². The first-order valence-corrected chi connectivity index (χ1v) is 6.57. The molecule has 2 aromatic rings. The average molecular weight is 295 g/mol. The molecule has 16 heavy (non-hydrogen) atoms. The summed E-state index contributed by atoms with van der Waals surface area (Å²) in [7, 11) is 0. The fourth-order valence-corrected chi connectivity index (χ4v) is 2.23. The maximum atomic E-state index is 4.17. The summed E-state index contributed by atoms with van der Waals surface area (Å²) in [5.74, 6) is 0. The first-order valence-electron chi connectivity index (χ1n) is 4.90. The van der Waals surface area contributed by atoms with Crippen LogP contribution in [0.4, 0.5) is 0 Å². The lowest BCUT2D eigenvalue weighted by atomic mass is 10.4. The van der Waals surface area contributed by atoms with Crippen molar-refractivity contribution in [1.82, 2.24) is 9.78 Å². The van der Waals surface area contributed by atoms with Crippen LogP contribution >= 0.6 is 27.7 Å². The van der Waals surface area contributed by atoms with Crippen molar-refractivity contribution in [2.24, 2.45) is 0 Å². The summed E-state index contributed by atoms with van der Waals surface area (Å²) >= 11 is 5.13. The summed E-state index contributed by atoms with van der Waals surface area (Å²) < 4.78 is 2.89. The van der Waals surface area contributed by atoms with E-state index in [-0.39, 0.29) is 0 Å². The minimum Gasteiger partial charge on any atom is -0.255 e. The molecular formula is C12H11BrN2S. The van der Waals surface area contributed by atoms with Crippen molar-refractivity contribution in [1.29, 1.82) is 0 Å². The van der Waals surface area contributed by atoms with E-state index in [1.807, 2.05) is 28.9 Å². The Bertz CT molecular complexity index is 465. The molecule has 0 radical (unpaired) electrons. The number of allylic oxidation sites excluding steroid dienone is 1. The summed E-state index contributed by atoms with van der Waals surface area (Å²) in [5.41, 5.74) is 0. The van der Waals surface area contributed by atoms with Gasteiger partial charge in [0.25, 0.3) is 0 Å². The molecular weight excluding hydrogens is 284 g/mol. The van der Waals surface area contributed by atoms with Crippen molar-refractivity contribution < 1.29 is 0 Å². The Morgan fingerprint density at radius 1 is 1.25 bits per heavy atom. The van der Waals surface area contributed by atoms with Crippen LogP contribution in [0.3, 0.4) is 0 Å². The molecule has 2 nitrogen and oxygen atoms in total. The maximum Gasteiger partial charge on any atom is 0.104 e. The highest BCUT2D eigenvalue weighted by molar-refractivity contribution is 9.10. The van der Waals surface area contributed by atoms with Gasteiger partial charge in [0.2, 0.25) is 0 Å². The summed E-state index contributed by atoms with van der Waals surface area (Å²) in [5, 5.41) is 6.26. The molecule has 0 atom stereocenters. The van der Waals surface area contributed by atoms with Crippen LogP contribution in [0, 0.1) is 0 Å². The Morgan fingerprint density at radius 2 is 2.06 bits per heavy atom. The first kappa shape index (κ1) is 11.5.